The lowest BCUT2D eigenvalue weighted by atomic mass is 9.51. The highest BCUT2D eigenvalue weighted by molar-refractivity contribution is 9.10. The highest BCUT2D eigenvalue weighted by Crippen LogP contribution is 2.63. The molecule has 47 heavy (non-hydrogen) atoms. The van der Waals surface area contributed by atoms with E-state index >= 15 is 0 Å². The van der Waals surface area contributed by atoms with Gasteiger partial charge in [0.15, 0.2) is 0 Å². The van der Waals surface area contributed by atoms with E-state index in [0.717, 1.165) is 21.0 Å². The number of ether oxygens (including phenoxy) is 1. The number of anilines is 2. The zero-order valence-electron chi connectivity index (χ0n) is 25.0. The molecule has 3 aromatic carbocycles. The van der Waals surface area contributed by atoms with Crippen LogP contribution in [0.5, 0.6) is 11.5 Å². The molecule has 5 aliphatic rings. The Hall–Kier alpha value is -4.28. The number of imide groups is 2. The molecular weight excluding hydrogens is 691 g/mol. The van der Waals surface area contributed by atoms with Crippen molar-refractivity contribution in [2.75, 3.05) is 9.80 Å². The number of aromatic hydroxyl groups is 1. The normalized spacial score (nSPS) is 29.5. The Bertz CT molecular complexity index is 2000. The molecule has 3 aliphatic heterocycles. The van der Waals surface area contributed by atoms with E-state index in [1.165, 1.54) is 23.1 Å². The summed E-state index contributed by atoms with van der Waals surface area (Å²) in [4.78, 5) is 59.3. The highest BCUT2D eigenvalue weighted by Gasteiger charge is 2.68. The summed E-state index contributed by atoms with van der Waals surface area (Å²) >= 11 is 9.50. The van der Waals surface area contributed by atoms with Crippen LogP contribution in [0.3, 0.4) is 0 Å². The molecule has 0 bridgehead atoms. The summed E-state index contributed by atoms with van der Waals surface area (Å²) in [7, 11) is 0. The van der Waals surface area contributed by atoms with Gasteiger partial charge in [0, 0.05) is 22.4 Å². The summed E-state index contributed by atoms with van der Waals surface area (Å²) in [5, 5.41) is 10.0. The van der Waals surface area contributed by atoms with Crippen molar-refractivity contribution in [3.8, 4) is 11.5 Å². The fourth-order valence-electron chi connectivity index (χ4n) is 8.56. The second-order valence-electron chi connectivity index (χ2n) is 13.0. The maximum atomic E-state index is 14.6. The van der Waals surface area contributed by atoms with Crippen LogP contribution in [0.25, 0.3) is 0 Å². The van der Waals surface area contributed by atoms with Crippen LogP contribution in [0.4, 0.5) is 15.8 Å². The summed E-state index contributed by atoms with van der Waals surface area (Å²) in [6.45, 7) is 1.77. The van der Waals surface area contributed by atoms with Gasteiger partial charge < -0.3 is 9.84 Å². The van der Waals surface area contributed by atoms with Gasteiger partial charge >= 0.3 is 0 Å². The van der Waals surface area contributed by atoms with Gasteiger partial charge in [-0.3, -0.25) is 24.1 Å². The molecule has 0 spiro atoms. The molecule has 8 rings (SSSR count). The van der Waals surface area contributed by atoms with E-state index in [1.807, 2.05) is 6.08 Å². The first-order valence-corrected chi connectivity index (χ1v) is 16.5. The van der Waals surface area contributed by atoms with Crippen molar-refractivity contribution in [1.82, 2.24) is 0 Å². The molecule has 2 aliphatic carbocycles. The predicted molar refractivity (Wildman–Crippen MR) is 174 cm³/mol. The smallest absolute Gasteiger partial charge is 0.241 e. The number of carbonyl (C=O) groups is 4. The van der Waals surface area contributed by atoms with Gasteiger partial charge in [-0.25, -0.2) is 9.29 Å². The molecule has 238 valence electrons. The fraction of sp³-hybridized carbons (Fsp3) is 0.278. The summed E-state index contributed by atoms with van der Waals surface area (Å²) in [6.07, 6.45) is 4.39. The van der Waals surface area contributed by atoms with Gasteiger partial charge in [-0.1, -0.05) is 39.2 Å². The Kier molecular flexibility index (Phi) is 6.79. The fourth-order valence-corrected chi connectivity index (χ4v) is 9.00. The van der Waals surface area contributed by atoms with Crippen molar-refractivity contribution in [3.63, 3.8) is 0 Å². The maximum Gasteiger partial charge on any atom is 0.241 e. The van der Waals surface area contributed by atoms with Crippen LogP contribution in [0.1, 0.15) is 25.3 Å². The third-order valence-corrected chi connectivity index (χ3v) is 11.5. The number of amides is 4. The van der Waals surface area contributed by atoms with Gasteiger partial charge in [0.25, 0.3) is 0 Å². The van der Waals surface area contributed by atoms with E-state index in [4.69, 9.17) is 16.3 Å². The van der Waals surface area contributed by atoms with Gasteiger partial charge in [0.05, 0.1) is 45.8 Å². The molecule has 0 radical (unpaired) electrons. The molecule has 11 heteroatoms. The van der Waals surface area contributed by atoms with E-state index in [1.54, 1.807) is 49.6 Å². The number of hydrogen-bond acceptors (Lipinski definition) is 6. The Morgan fingerprint density at radius 3 is 2.43 bits per heavy atom. The lowest BCUT2D eigenvalue weighted by molar-refractivity contribution is -0.132. The van der Waals surface area contributed by atoms with Gasteiger partial charge in [-0.2, -0.15) is 0 Å². The summed E-state index contributed by atoms with van der Waals surface area (Å²) in [6, 6.07) is 15.5. The number of nitrogens with zero attached hydrogens (tertiary/aromatic N) is 2. The summed E-state index contributed by atoms with van der Waals surface area (Å²) < 4.78 is 21.0. The molecule has 4 amide bonds. The molecule has 3 heterocycles. The van der Waals surface area contributed by atoms with Crippen LogP contribution in [0, 0.1) is 40.8 Å². The number of hydrogen-bond donors (Lipinski definition) is 1. The molecule has 3 fully saturated rings. The van der Waals surface area contributed by atoms with E-state index in [9.17, 15) is 28.7 Å². The Balaban J connectivity index is 1.25. The molecule has 1 saturated carbocycles. The standard InChI is InChI=1S/C36H27BrClFN2O6/c1-36-26(33(44)41(35(36)46)21-6-10-28(39)27(38)14-21)15-25-23(31(36)18-12-17-13-22(42)7-11-29(17)47-16-18)8-9-24-30(25)34(45)40(32(24)43)20-4-2-19(37)3-5-20/h2-8,10-11,13-14,16,24-26,30-31,42H,9,12,15H2,1H3/t24-,25+,26-,30-,31-,36+/m0/s1. The first-order valence-electron chi connectivity index (χ1n) is 15.3. The third-order valence-electron chi connectivity index (χ3n) is 10.7. The first-order chi connectivity index (χ1) is 22.5. The van der Waals surface area contributed by atoms with Crippen LogP contribution in [-0.2, 0) is 25.6 Å². The monoisotopic (exact) mass is 716 g/mol. The van der Waals surface area contributed by atoms with Gasteiger partial charge in [-0.05, 0) is 91.9 Å². The molecule has 8 nitrogen and oxygen atoms in total. The van der Waals surface area contributed by atoms with Crippen molar-refractivity contribution in [3.05, 3.63) is 105 Å². The third kappa shape index (κ3) is 4.30. The van der Waals surface area contributed by atoms with Crippen LogP contribution < -0.4 is 14.5 Å². The highest BCUT2D eigenvalue weighted by atomic mass is 79.9. The Labute approximate surface area is 282 Å². The van der Waals surface area contributed by atoms with Crippen LogP contribution in [0.15, 0.2) is 88.6 Å². The number of fused-ring (bicyclic) bond motifs is 5. The van der Waals surface area contributed by atoms with Crippen LogP contribution >= 0.6 is 27.5 Å². The van der Waals surface area contributed by atoms with Crippen molar-refractivity contribution in [1.29, 1.82) is 0 Å². The number of phenols is 1. The van der Waals surface area contributed by atoms with E-state index < -0.39 is 52.6 Å². The minimum Gasteiger partial charge on any atom is -0.508 e. The van der Waals surface area contributed by atoms with E-state index in [0.29, 0.717) is 35.4 Å². The molecule has 6 atom stereocenters. The topological polar surface area (TPSA) is 104 Å². The lowest BCUT2D eigenvalue weighted by Crippen LogP contribution is -2.51. The van der Waals surface area contributed by atoms with Gasteiger partial charge in [-0.15, -0.1) is 0 Å². The molecule has 2 saturated heterocycles. The largest absolute Gasteiger partial charge is 0.508 e. The quantitative estimate of drug-likeness (QED) is 0.238. The molecular formula is C36H27BrClFN2O6. The number of halogens is 3. The van der Waals surface area contributed by atoms with Crippen LogP contribution in [-0.4, -0.2) is 28.7 Å². The maximum absolute atomic E-state index is 14.6. The second-order valence-corrected chi connectivity index (χ2v) is 14.4. The van der Waals surface area contributed by atoms with Crippen LogP contribution in [0.2, 0.25) is 5.02 Å². The minimum absolute atomic E-state index is 0.0634. The Morgan fingerprint density at radius 2 is 1.68 bits per heavy atom. The average Bonchev–Trinajstić information content (AvgIpc) is 3.42. The summed E-state index contributed by atoms with van der Waals surface area (Å²) in [5.41, 5.74) is 1.59. The van der Waals surface area contributed by atoms with Crippen molar-refractivity contribution < 1.29 is 33.4 Å². The van der Waals surface area contributed by atoms with Gasteiger partial charge in [0.2, 0.25) is 23.6 Å². The van der Waals surface area contributed by atoms with Crippen molar-refractivity contribution in [2.45, 2.75) is 26.2 Å². The molecule has 3 aromatic rings. The number of carbonyl (C=O) groups excluding carboxylic acids is 4. The number of rotatable bonds is 3. The predicted octanol–water partition coefficient (Wildman–Crippen LogP) is 6.73. The van der Waals surface area contributed by atoms with Crippen molar-refractivity contribution >= 4 is 62.5 Å². The average molecular weight is 718 g/mol. The molecule has 1 N–H and O–H groups in total. The zero-order valence-corrected chi connectivity index (χ0v) is 27.3. The van der Waals surface area contributed by atoms with E-state index in [2.05, 4.69) is 15.9 Å². The van der Waals surface area contributed by atoms with E-state index in [-0.39, 0.29) is 34.7 Å². The number of phenolic OH excluding ortho intramolecular Hbond substituents is 1. The number of allylic oxidation sites excluding steroid dienone is 3. The minimum atomic E-state index is -1.30. The summed E-state index contributed by atoms with van der Waals surface area (Å²) in [5.74, 6) is -4.96. The molecule has 0 aromatic heterocycles. The Morgan fingerprint density at radius 1 is 0.936 bits per heavy atom. The van der Waals surface area contributed by atoms with Crippen molar-refractivity contribution in [2.24, 2.45) is 35.0 Å². The zero-order chi connectivity index (χ0) is 32.9. The first kappa shape index (κ1) is 30.1. The second kappa shape index (κ2) is 10.6. The lowest BCUT2D eigenvalue weighted by Gasteiger charge is -2.49. The SMILES string of the molecule is C[C@@]12C(=O)N(c3ccc(F)c(Cl)c3)C(=O)[C@@H]1C[C@@H]1C(=CC[C@@H]3C(=O)N(c4ccc(Br)cc4)C(=O)[C@@H]31)[C@@H]2C1=COc2ccc(O)cc2C1. The van der Waals surface area contributed by atoms with Gasteiger partial charge in [0.1, 0.15) is 17.3 Å². The number of benzene rings is 3. The molecule has 0 unspecified atom stereocenters.